The molecule has 1 aromatic carbocycles. The molecule has 1 aliphatic carbocycles. The van der Waals surface area contributed by atoms with Gasteiger partial charge in [-0.2, -0.15) is 0 Å². The van der Waals surface area contributed by atoms with Gasteiger partial charge in [0, 0.05) is 17.1 Å². The average Bonchev–Trinajstić information content (AvgIpc) is 2.65. The SMILES string of the molecule is O=C(NC1CCC(Oc2ncc(Cl)cn2)CC1)c1cc(Cl)ccc1[N+](=O)[O-]. The molecule has 1 saturated carbocycles. The highest BCUT2D eigenvalue weighted by Gasteiger charge is 2.27. The van der Waals surface area contributed by atoms with Crippen molar-refractivity contribution in [1.29, 1.82) is 0 Å². The van der Waals surface area contributed by atoms with E-state index in [0.29, 0.717) is 30.7 Å². The summed E-state index contributed by atoms with van der Waals surface area (Å²) in [7, 11) is 0. The second-order valence-corrected chi connectivity index (χ2v) is 7.04. The Bertz CT molecular complexity index is 839. The quantitative estimate of drug-likeness (QED) is 0.592. The molecule has 142 valence electrons. The maximum Gasteiger partial charge on any atom is 0.316 e. The number of carbonyl (C=O) groups excluding carboxylic acids is 1. The summed E-state index contributed by atoms with van der Waals surface area (Å²) in [5.74, 6) is -0.505. The Kier molecular flexibility index (Phi) is 6.08. The van der Waals surface area contributed by atoms with Crippen molar-refractivity contribution >= 4 is 34.8 Å². The molecule has 0 bridgehead atoms. The second-order valence-electron chi connectivity index (χ2n) is 6.17. The monoisotopic (exact) mass is 410 g/mol. The molecule has 1 aromatic heterocycles. The fraction of sp³-hybridized carbons (Fsp3) is 0.353. The highest BCUT2D eigenvalue weighted by atomic mass is 35.5. The molecule has 0 saturated heterocycles. The number of carbonyl (C=O) groups is 1. The van der Waals surface area contributed by atoms with Gasteiger partial charge in [0.1, 0.15) is 11.7 Å². The van der Waals surface area contributed by atoms with Crippen LogP contribution in [0.2, 0.25) is 10.0 Å². The number of nitrogens with one attached hydrogen (secondary N) is 1. The third-order valence-electron chi connectivity index (χ3n) is 4.28. The first-order valence-corrected chi connectivity index (χ1v) is 9.07. The van der Waals surface area contributed by atoms with Gasteiger partial charge in [0.2, 0.25) is 0 Å². The molecule has 1 heterocycles. The van der Waals surface area contributed by atoms with Gasteiger partial charge >= 0.3 is 6.01 Å². The summed E-state index contributed by atoms with van der Waals surface area (Å²) in [6.45, 7) is 0. The molecule has 1 N–H and O–H groups in total. The van der Waals surface area contributed by atoms with Crippen LogP contribution in [0.4, 0.5) is 5.69 Å². The average molecular weight is 411 g/mol. The molecule has 0 aliphatic heterocycles. The van der Waals surface area contributed by atoms with Gasteiger partial charge < -0.3 is 10.1 Å². The van der Waals surface area contributed by atoms with Crippen LogP contribution in [0.3, 0.4) is 0 Å². The van der Waals surface area contributed by atoms with Gasteiger partial charge in [-0.1, -0.05) is 23.2 Å². The number of hydrogen-bond donors (Lipinski definition) is 1. The van der Waals surface area contributed by atoms with Crippen molar-refractivity contribution in [2.45, 2.75) is 37.8 Å². The molecule has 0 unspecified atom stereocenters. The molecule has 1 fully saturated rings. The normalized spacial score (nSPS) is 19.3. The Balaban J connectivity index is 1.56. The predicted molar refractivity (Wildman–Crippen MR) is 99.3 cm³/mol. The number of ether oxygens (including phenoxy) is 1. The molecular weight excluding hydrogens is 395 g/mol. The van der Waals surface area contributed by atoms with Crippen LogP contribution in [0.25, 0.3) is 0 Å². The van der Waals surface area contributed by atoms with E-state index >= 15 is 0 Å². The van der Waals surface area contributed by atoms with E-state index in [1.807, 2.05) is 0 Å². The molecule has 10 heteroatoms. The number of amides is 1. The van der Waals surface area contributed by atoms with Gasteiger partial charge in [-0.05, 0) is 37.8 Å². The molecule has 1 aliphatic rings. The third kappa shape index (κ3) is 5.05. The van der Waals surface area contributed by atoms with Crippen molar-refractivity contribution in [3.63, 3.8) is 0 Å². The Morgan fingerprint density at radius 2 is 1.81 bits per heavy atom. The molecule has 0 atom stereocenters. The summed E-state index contributed by atoms with van der Waals surface area (Å²) in [6.07, 6.45) is 5.64. The van der Waals surface area contributed by atoms with E-state index in [9.17, 15) is 14.9 Å². The van der Waals surface area contributed by atoms with E-state index in [1.54, 1.807) is 0 Å². The Hall–Kier alpha value is -2.45. The first kappa shape index (κ1) is 19.3. The Labute approximate surface area is 165 Å². The van der Waals surface area contributed by atoms with E-state index in [2.05, 4.69) is 15.3 Å². The van der Waals surface area contributed by atoms with Gasteiger partial charge in [0.15, 0.2) is 0 Å². The van der Waals surface area contributed by atoms with Crippen LogP contribution in [0.1, 0.15) is 36.0 Å². The van der Waals surface area contributed by atoms with Crippen molar-refractivity contribution in [3.05, 3.63) is 56.3 Å². The largest absolute Gasteiger partial charge is 0.460 e. The van der Waals surface area contributed by atoms with E-state index < -0.39 is 10.8 Å². The standard InChI is InChI=1S/C17H16Cl2N4O4/c18-10-1-6-15(23(25)26)14(7-10)16(24)22-12-2-4-13(5-3-12)27-17-20-8-11(19)9-21-17/h1,6-9,12-13H,2-5H2,(H,22,24). The highest BCUT2D eigenvalue weighted by molar-refractivity contribution is 6.31. The van der Waals surface area contributed by atoms with Crippen molar-refractivity contribution < 1.29 is 14.5 Å². The minimum atomic E-state index is -0.595. The zero-order valence-corrected chi connectivity index (χ0v) is 15.6. The highest BCUT2D eigenvalue weighted by Crippen LogP contribution is 2.25. The topological polar surface area (TPSA) is 107 Å². The molecule has 0 spiro atoms. The fourth-order valence-electron chi connectivity index (χ4n) is 2.95. The van der Waals surface area contributed by atoms with Crippen LogP contribution in [0.5, 0.6) is 6.01 Å². The van der Waals surface area contributed by atoms with Crippen molar-refractivity contribution in [2.75, 3.05) is 0 Å². The third-order valence-corrected chi connectivity index (χ3v) is 4.71. The number of benzene rings is 1. The van der Waals surface area contributed by atoms with Crippen LogP contribution in [-0.2, 0) is 0 Å². The minimum Gasteiger partial charge on any atom is -0.460 e. The van der Waals surface area contributed by atoms with E-state index in [-0.39, 0.29) is 34.4 Å². The molecular formula is C17H16Cl2N4O4. The summed E-state index contributed by atoms with van der Waals surface area (Å²) in [5.41, 5.74) is -0.311. The Morgan fingerprint density at radius 3 is 2.44 bits per heavy atom. The molecule has 2 aromatic rings. The lowest BCUT2D eigenvalue weighted by molar-refractivity contribution is -0.385. The number of halogens is 2. The van der Waals surface area contributed by atoms with Gasteiger partial charge in [-0.15, -0.1) is 0 Å². The van der Waals surface area contributed by atoms with E-state index in [1.165, 1.54) is 30.6 Å². The number of aromatic nitrogens is 2. The van der Waals surface area contributed by atoms with Crippen molar-refractivity contribution in [1.82, 2.24) is 15.3 Å². The number of rotatable bonds is 5. The fourth-order valence-corrected chi connectivity index (χ4v) is 3.22. The van der Waals surface area contributed by atoms with Crippen LogP contribution >= 0.6 is 23.2 Å². The number of nitro groups is 1. The molecule has 3 rings (SSSR count). The first-order chi connectivity index (χ1) is 12.9. The van der Waals surface area contributed by atoms with Crippen molar-refractivity contribution in [2.24, 2.45) is 0 Å². The Morgan fingerprint density at radius 1 is 1.15 bits per heavy atom. The van der Waals surface area contributed by atoms with Crippen LogP contribution < -0.4 is 10.1 Å². The lowest BCUT2D eigenvalue weighted by Gasteiger charge is -2.28. The molecule has 1 amide bonds. The molecule has 27 heavy (non-hydrogen) atoms. The van der Waals surface area contributed by atoms with E-state index in [4.69, 9.17) is 27.9 Å². The predicted octanol–water partition coefficient (Wildman–Crippen LogP) is 3.81. The number of hydrogen-bond acceptors (Lipinski definition) is 6. The van der Waals surface area contributed by atoms with Crippen LogP contribution in [-0.4, -0.2) is 32.9 Å². The maximum atomic E-state index is 12.5. The van der Waals surface area contributed by atoms with Gasteiger partial charge in [-0.3, -0.25) is 14.9 Å². The van der Waals surface area contributed by atoms with Crippen LogP contribution in [0.15, 0.2) is 30.6 Å². The summed E-state index contributed by atoms with van der Waals surface area (Å²) in [5, 5.41) is 14.7. The molecule has 0 radical (unpaired) electrons. The van der Waals surface area contributed by atoms with E-state index in [0.717, 1.165) is 0 Å². The number of nitro benzene ring substituents is 1. The zero-order chi connectivity index (χ0) is 19.4. The first-order valence-electron chi connectivity index (χ1n) is 8.31. The smallest absolute Gasteiger partial charge is 0.316 e. The maximum absolute atomic E-state index is 12.5. The summed E-state index contributed by atoms with van der Waals surface area (Å²) in [6, 6.07) is 4.09. The van der Waals surface area contributed by atoms with Gasteiger partial charge in [0.25, 0.3) is 11.6 Å². The zero-order valence-electron chi connectivity index (χ0n) is 14.1. The lowest BCUT2D eigenvalue weighted by atomic mass is 9.92. The summed E-state index contributed by atoms with van der Waals surface area (Å²) >= 11 is 11.6. The van der Waals surface area contributed by atoms with Gasteiger partial charge in [-0.25, -0.2) is 9.97 Å². The summed E-state index contributed by atoms with van der Waals surface area (Å²) < 4.78 is 5.71. The second kappa shape index (κ2) is 8.49. The minimum absolute atomic E-state index is 0.0413. The molecule has 8 nitrogen and oxygen atoms in total. The lowest BCUT2D eigenvalue weighted by Crippen LogP contribution is -2.40. The number of nitrogens with zero attached hydrogens (tertiary/aromatic N) is 3. The van der Waals surface area contributed by atoms with Crippen LogP contribution in [0, 0.1) is 10.1 Å². The summed E-state index contributed by atoms with van der Waals surface area (Å²) in [4.78, 5) is 31.0. The van der Waals surface area contributed by atoms with Gasteiger partial charge in [0.05, 0.1) is 22.3 Å². The van der Waals surface area contributed by atoms with Crippen molar-refractivity contribution in [3.8, 4) is 6.01 Å².